The van der Waals surface area contributed by atoms with Gasteiger partial charge in [0.15, 0.2) is 0 Å². The molecule has 0 aliphatic rings. The predicted molar refractivity (Wildman–Crippen MR) is 79.6 cm³/mol. The Hall–Kier alpha value is -1.81. The lowest BCUT2D eigenvalue weighted by Gasteiger charge is -2.27. The van der Waals surface area contributed by atoms with Crippen molar-refractivity contribution in [1.82, 2.24) is 5.32 Å². The van der Waals surface area contributed by atoms with Crippen molar-refractivity contribution in [2.24, 2.45) is 0 Å². The van der Waals surface area contributed by atoms with E-state index in [0.29, 0.717) is 6.42 Å². The number of hydrogen-bond acceptors (Lipinski definition) is 4. The first-order chi connectivity index (χ1) is 9.31. The number of benzene rings is 1. The Morgan fingerprint density at radius 3 is 2.50 bits per heavy atom. The highest BCUT2D eigenvalue weighted by atomic mass is 16.5. The molecule has 2 N–H and O–H groups in total. The molecule has 0 radical (unpaired) electrons. The van der Waals surface area contributed by atoms with Gasteiger partial charge >= 0.3 is 5.97 Å². The zero-order valence-corrected chi connectivity index (χ0v) is 12.3. The van der Waals surface area contributed by atoms with Gasteiger partial charge in [0.05, 0.1) is 0 Å². The van der Waals surface area contributed by atoms with Crippen molar-refractivity contribution in [3.8, 4) is 5.75 Å². The number of rotatable bonds is 6. The summed E-state index contributed by atoms with van der Waals surface area (Å²) in [5, 5.41) is 12.5. The average molecular weight is 277 g/mol. The SMILES string of the molecule is C=CCOC(=O)C(Cc1ccc(O)cc1)NC(C)(C)C. The fraction of sp³-hybridized carbons (Fsp3) is 0.438. The van der Waals surface area contributed by atoms with E-state index >= 15 is 0 Å². The number of carbonyl (C=O) groups is 1. The second kappa shape index (κ2) is 7.10. The summed E-state index contributed by atoms with van der Waals surface area (Å²) in [4.78, 5) is 12.1. The Balaban J connectivity index is 2.78. The fourth-order valence-electron chi connectivity index (χ4n) is 1.83. The van der Waals surface area contributed by atoms with Crippen molar-refractivity contribution in [3.63, 3.8) is 0 Å². The maximum absolute atomic E-state index is 12.1. The van der Waals surface area contributed by atoms with Gasteiger partial charge in [0.2, 0.25) is 0 Å². The number of phenolic OH excluding ortho intramolecular Hbond substituents is 1. The number of hydrogen-bond donors (Lipinski definition) is 2. The number of ether oxygens (including phenoxy) is 1. The molecule has 0 bridgehead atoms. The Bertz CT molecular complexity index is 446. The topological polar surface area (TPSA) is 58.6 Å². The Morgan fingerprint density at radius 1 is 1.40 bits per heavy atom. The van der Waals surface area contributed by atoms with E-state index in [1.165, 1.54) is 0 Å². The third-order valence-electron chi connectivity index (χ3n) is 2.61. The van der Waals surface area contributed by atoms with Crippen LogP contribution in [-0.2, 0) is 16.0 Å². The molecule has 0 fully saturated rings. The van der Waals surface area contributed by atoms with Gasteiger partial charge in [-0.3, -0.25) is 10.1 Å². The van der Waals surface area contributed by atoms with Gasteiger partial charge in [-0.25, -0.2) is 0 Å². The molecule has 4 nitrogen and oxygen atoms in total. The minimum atomic E-state index is -0.431. The first-order valence-corrected chi connectivity index (χ1v) is 6.65. The first kappa shape index (κ1) is 16.2. The molecule has 1 aromatic rings. The standard InChI is InChI=1S/C16H23NO3/c1-5-10-20-15(19)14(17-16(2,3)4)11-12-6-8-13(18)9-7-12/h5-9,14,17-18H,1,10-11H2,2-4H3. The quantitative estimate of drug-likeness (QED) is 0.619. The number of nitrogens with one attached hydrogen (secondary N) is 1. The summed E-state index contributed by atoms with van der Waals surface area (Å²) in [6.07, 6.45) is 2.06. The van der Waals surface area contributed by atoms with Crippen molar-refractivity contribution >= 4 is 5.97 Å². The number of phenols is 1. The molecule has 1 rings (SSSR count). The van der Waals surface area contributed by atoms with Crippen molar-refractivity contribution < 1.29 is 14.6 Å². The summed E-state index contributed by atoms with van der Waals surface area (Å²) in [5.41, 5.74) is 0.759. The monoisotopic (exact) mass is 277 g/mol. The van der Waals surface area contributed by atoms with Gasteiger partial charge in [-0.05, 0) is 44.9 Å². The number of esters is 1. The average Bonchev–Trinajstić information content (AvgIpc) is 2.36. The molecule has 0 aliphatic heterocycles. The van der Waals surface area contributed by atoms with Crippen LogP contribution < -0.4 is 5.32 Å². The highest BCUT2D eigenvalue weighted by Gasteiger charge is 2.25. The molecule has 0 spiro atoms. The van der Waals surface area contributed by atoms with Crippen molar-refractivity contribution in [3.05, 3.63) is 42.5 Å². The predicted octanol–water partition coefficient (Wildman–Crippen LogP) is 2.42. The normalized spacial score (nSPS) is 12.8. The van der Waals surface area contributed by atoms with Gasteiger partial charge in [-0.15, -0.1) is 0 Å². The maximum atomic E-state index is 12.1. The summed E-state index contributed by atoms with van der Waals surface area (Å²) in [6.45, 7) is 9.73. The van der Waals surface area contributed by atoms with Crippen LogP contribution in [0.2, 0.25) is 0 Å². The molecule has 0 heterocycles. The van der Waals surface area contributed by atoms with E-state index < -0.39 is 6.04 Å². The van der Waals surface area contributed by atoms with Gasteiger partial charge in [0.25, 0.3) is 0 Å². The summed E-state index contributed by atoms with van der Waals surface area (Å²) in [7, 11) is 0. The molecule has 1 atom stereocenters. The molecule has 0 aliphatic carbocycles. The van der Waals surface area contributed by atoms with Crippen LogP contribution >= 0.6 is 0 Å². The molecule has 20 heavy (non-hydrogen) atoms. The highest BCUT2D eigenvalue weighted by molar-refractivity contribution is 5.76. The van der Waals surface area contributed by atoms with Crippen LogP contribution in [-0.4, -0.2) is 29.3 Å². The van der Waals surface area contributed by atoms with Crippen LogP contribution in [0.15, 0.2) is 36.9 Å². The lowest BCUT2D eigenvalue weighted by atomic mass is 10.0. The molecule has 1 aromatic carbocycles. The van der Waals surface area contributed by atoms with E-state index in [4.69, 9.17) is 4.74 Å². The van der Waals surface area contributed by atoms with Gasteiger partial charge in [-0.1, -0.05) is 24.8 Å². The summed E-state index contributed by atoms with van der Waals surface area (Å²) in [6, 6.07) is 6.39. The van der Waals surface area contributed by atoms with Gasteiger partial charge < -0.3 is 9.84 Å². The second-order valence-corrected chi connectivity index (χ2v) is 5.74. The smallest absolute Gasteiger partial charge is 0.323 e. The van der Waals surface area contributed by atoms with E-state index in [9.17, 15) is 9.90 Å². The summed E-state index contributed by atoms with van der Waals surface area (Å²) < 4.78 is 5.13. The lowest BCUT2D eigenvalue weighted by molar-refractivity contribution is -0.145. The maximum Gasteiger partial charge on any atom is 0.323 e. The molecular weight excluding hydrogens is 254 g/mol. The molecular formula is C16H23NO3. The van der Waals surface area contributed by atoms with Gasteiger partial charge in [-0.2, -0.15) is 0 Å². The highest BCUT2D eigenvalue weighted by Crippen LogP contribution is 2.13. The van der Waals surface area contributed by atoms with Gasteiger partial charge in [0.1, 0.15) is 18.4 Å². The van der Waals surface area contributed by atoms with Crippen LogP contribution in [0.5, 0.6) is 5.75 Å². The molecule has 110 valence electrons. The molecule has 0 aromatic heterocycles. The summed E-state index contributed by atoms with van der Waals surface area (Å²) >= 11 is 0. The van der Waals surface area contributed by atoms with E-state index in [0.717, 1.165) is 5.56 Å². The Labute approximate surface area is 120 Å². The van der Waals surface area contributed by atoms with E-state index in [1.54, 1.807) is 30.3 Å². The van der Waals surface area contributed by atoms with Crippen LogP contribution in [0, 0.1) is 0 Å². The number of aromatic hydroxyl groups is 1. The third kappa shape index (κ3) is 5.89. The van der Waals surface area contributed by atoms with Crippen LogP contribution in [0.3, 0.4) is 0 Å². The van der Waals surface area contributed by atoms with Crippen LogP contribution in [0.25, 0.3) is 0 Å². The zero-order chi connectivity index (χ0) is 15.2. The fourth-order valence-corrected chi connectivity index (χ4v) is 1.83. The Morgan fingerprint density at radius 2 is 2.00 bits per heavy atom. The largest absolute Gasteiger partial charge is 0.508 e. The number of carbonyl (C=O) groups excluding carboxylic acids is 1. The Kier molecular flexibility index (Phi) is 5.77. The third-order valence-corrected chi connectivity index (χ3v) is 2.61. The molecule has 4 heteroatoms. The minimum absolute atomic E-state index is 0.200. The van der Waals surface area contributed by atoms with Crippen LogP contribution in [0.1, 0.15) is 26.3 Å². The zero-order valence-electron chi connectivity index (χ0n) is 12.3. The van der Waals surface area contributed by atoms with Gasteiger partial charge in [0, 0.05) is 5.54 Å². The lowest BCUT2D eigenvalue weighted by Crippen LogP contribution is -2.49. The van der Waals surface area contributed by atoms with Crippen molar-refractivity contribution in [2.45, 2.75) is 38.8 Å². The molecule has 0 saturated heterocycles. The van der Waals surface area contributed by atoms with E-state index in [1.807, 2.05) is 20.8 Å². The molecule has 0 amide bonds. The van der Waals surface area contributed by atoms with Crippen LogP contribution in [0.4, 0.5) is 0 Å². The van der Waals surface area contributed by atoms with Crippen molar-refractivity contribution in [1.29, 1.82) is 0 Å². The van der Waals surface area contributed by atoms with E-state index in [-0.39, 0.29) is 23.9 Å². The van der Waals surface area contributed by atoms with E-state index in [2.05, 4.69) is 11.9 Å². The molecule has 0 saturated carbocycles. The first-order valence-electron chi connectivity index (χ1n) is 6.65. The summed E-state index contributed by atoms with van der Waals surface area (Å²) in [5.74, 6) is -0.0868. The molecule has 1 unspecified atom stereocenters. The minimum Gasteiger partial charge on any atom is -0.508 e. The second-order valence-electron chi connectivity index (χ2n) is 5.74. The van der Waals surface area contributed by atoms with Crippen molar-refractivity contribution in [2.75, 3.05) is 6.61 Å².